The predicted molar refractivity (Wildman–Crippen MR) is 69.4 cm³/mol. The third-order valence-corrected chi connectivity index (χ3v) is 1.97. The van der Waals surface area contributed by atoms with Crippen LogP contribution in [0.3, 0.4) is 0 Å². The normalized spacial score (nSPS) is 10.7. The molecule has 0 saturated heterocycles. The molecule has 0 heterocycles. The highest BCUT2D eigenvalue weighted by molar-refractivity contribution is 5.96. The van der Waals surface area contributed by atoms with Gasteiger partial charge in [-0.2, -0.15) is 0 Å². The Bertz CT molecular complexity index is 494. The second-order valence-electron chi connectivity index (χ2n) is 4.85. The first-order valence-electron chi connectivity index (χ1n) is 5.57. The minimum atomic E-state index is -0.771. The molecule has 104 valence electrons. The van der Waals surface area contributed by atoms with Crippen molar-refractivity contribution in [2.45, 2.75) is 26.4 Å². The van der Waals surface area contributed by atoms with Gasteiger partial charge in [0.25, 0.3) is 5.91 Å². The van der Waals surface area contributed by atoms with Crippen LogP contribution in [0, 0.1) is 0 Å². The van der Waals surface area contributed by atoms with Crippen LogP contribution in [-0.2, 0) is 4.74 Å². The molecule has 0 bridgehead atoms. The number of aromatic hydroxyl groups is 1. The quantitative estimate of drug-likeness (QED) is 0.346. The van der Waals surface area contributed by atoms with Crippen LogP contribution < -0.4 is 16.6 Å². The van der Waals surface area contributed by atoms with Gasteiger partial charge in [-0.3, -0.25) is 10.2 Å². The number of rotatable bonds is 1. The Morgan fingerprint density at radius 2 is 1.89 bits per heavy atom. The van der Waals surface area contributed by atoms with Crippen molar-refractivity contribution < 1.29 is 19.4 Å². The average molecular weight is 267 g/mol. The molecule has 0 aliphatic heterocycles. The van der Waals surface area contributed by atoms with Crippen molar-refractivity contribution in [2.24, 2.45) is 0 Å². The van der Waals surface area contributed by atoms with Crippen LogP contribution in [0.15, 0.2) is 18.2 Å². The Balaban J connectivity index is 2.56. The summed E-state index contributed by atoms with van der Waals surface area (Å²) in [7, 11) is 0. The van der Waals surface area contributed by atoms with Crippen LogP contribution in [0.1, 0.15) is 31.1 Å². The van der Waals surface area contributed by atoms with Gasteiger partial charge in [0.1, 0.15) is 11.4 Å². The lowest BCUT2D eigenvalue weighted by Crippen LogP contribution is -2.44. The Morgan fingerprint density at radius 1 is 1.26 bits per heavy atom. The number of nitrogens with one attached hydrogen (secondary N) is 2. The highest BCUT2D eigenvalue weighted by Crippen LogP contribution is 2.20. The lowest BCUT2D eigenvalue weighted by atomic mass is 10.2. The number of hydrogen-bond donors (Lipinski definition) is 4. The van der Waals surface area contributed by atoms with E-state index in [1.165, 1.54) is 18.2 Å². The minimum Gasteiger partial charge on any atom is -0.506 e. The van der Waals surface area contributed by atoms with Crippen molar-refractivity contribution in [3.63, 3.8) is 0 Å². The molecule has 0 atom stereocenters. The maximum absolute atomic E-state index is 11.7. The smallest absolute Gasteiger partial charge is 0.426 e. The first-order chi connectivity index (χ1) is 8.69. The van der Waals surface area contributed by atoms with Crippen molar-refractivity contribution >= 4 is 17.7 Å². The molecule has 1 aromatic carbocycles. The third kappa shape index (κ3) is 4.74. The van der Waals surface area contributed by atoms with Crippen molar-refractivity contribution in [3.8, 4) is 5.75 Å². The number of carbonyl (C=O) groups excluding carboxylic acids is 2. The largest absolute Gasteiger partial charge is 0.506 e. The number of anilines is 1. The number of carbonyl (C=O) groups is 2. The molecule has 0 spiro atoms. The first-order valence-corrected chi connectivity index (χ1v) is 5.57. The fourth-order valence-electron chi connectivity index (χ4n) is 1.18. The van der Waals surface area contributed by atoms with E-state index in [0.717, 1.165) is 0 Å². The Kier molecular flexibility index (Phi) is 4.21. The number of ether oxygens (including phenoxy) is 1. The first kappa shape index (κ1) is 14.6. The molecule has 7 heteroatoms. The predicted octanol–water partition coefficient (Wildman–Crippen LogP) is 1.14. The summed E-state index contributed by atoms with van der Waals surface area (Å²) in [5, 5.41) is 9.22. The minimum absolute atomic E-state index is 0.0740. The summed E-state index contributed by atoms with van der Waals surface area (Å²) in [6.45, 7) is 5.11. The van der Waals surface area contributed by atoms with Gasteiger partial charge in [0, 0.05) is 5.56 Å². The Morgan fingerprint density at radius 3 is 2.42 bits per heavy atom. The number of phenolic OH excluding ortho intramolecular Hbond substituents is 1. The van der Waals surface area contributed by atoms with Gasteiger partial charge >= 0.3 is 6.09 Å². The molecule has 1 aromatic rings. The topological polar surface area (TPSA) is 114 Å². The summed E-state index contributed by atoms with van der Waals surface area (Å²) in [5.41, 5.74) is 9.35. The molecular formula is C12H17N3O4. The molecule has 7 nitrogen and oxygen atoms in total. The number of hydrogen-bond acceptors (Lipinski definition) is 5. The van der Waals surface area contributed by atoms with Crippen molar-refractivity contribution in [2.75, 3.05) is 5.73 Å². The molecule has 5 N–H and O–H groups in total. The molecule has 2 amide bonds. The second-order valence-corrected chi connectivity index (χ2v) is 4.85. The van der Waals surface area contributed by atoms with Crippen LogP contribution >= 0.6 is 0 Å². The van der Waals surface area contributed by atoms with E-state index in [0.29, 0.717) is 0 Å². The van der Waals surface area contributed by atoms with E-state index >= 15 is 0 Å². The van der Waals surface area contributed by atoms with Gasteiger partial charge in [-0.15, -0.1) is 0 Å². The average Bonchev–Trinajstić information content (AvgIpc) is 2.27. The fraction of sp³-hybridized carbons (Fsp3) is 0.333. The zero-order valence-corrected chi connectivity index (χ0v) is 11.0. The van der Waals surface area contributed by atoms with E-state index < -0.39 is 17.6 Å². The summed E-state index contributed by atoms with van der Waals surface area (Å²) in [4.78, 5) is 23.0. The molecule has 0 unspecified atom stereocenters. The van der Waals surface area contributed by atoms with Gasteiger partial charge in [-0.25, -0.2) is 10.2 Å². The third-order valence-electron chi connectivity index (χ3n) is 1.97. The summed E-state index contributed by atoms with van der Waals surface area (Å²) in [5.74, 6) is -0.686. The molecule has 0 aliphatic carbocycles. The SMILES string of the molecule is CC(C)(C)OC(=O)NNC(=O)c1ccc(O)c(N)c1. The summed E-state index contributed by atoms with van der Waals surface area (Å²) < 4.78 is 4.94. The van der Waals surface area contributed by atoms with E-state index in [2.05, 4.69) is 10.9 Å². The lowest BCUT2D eigenvalue weighted by Gasteiger charge is -2.19. The van der Waals surface area contributed by atoms with E-state index in [4.69, 9.17) is 10.5 Å². The Hall–Kier alpha value is -2.44. The van der Waals surface area contributed by atoms with E-state index in [9.17, 15) is 14.7 Å². The number of hydrazine groups is 1. The maximum atomic E-state index is 11.7. The zero-order chi connectivity index (χ0) is 14.6. The van der Waals surface area contributed by atoms with Crippen molar-refractivity contribution in [1.29, 1.82) is 0 Å². The van der Waals surface area contributed by atoms with Crippen LogP contribution in [-0.4, -0.2) is 22.7 Å². The van der Waals surface area contributed by atoms with Gasteiger partial charge in [0.15, 0.2) is 0 Å². The highest BCUT2D eigenvalue weighted by Gasteiger charge is 2.16. The Labute approximate surface area is 110 Å². The van der Waals surface area contributed by atoms with Crippen molar-refractivity contribution in [1.82, 2.24) is 10.9 Å². The van der Waals surface area contributed by atoms with Gasteiger partial charge in [0.2, 0.25) is 0 Å². The molecule has 1 rings (SSSR count). The molecule has 0 aromatic heterocycles. The summed E-state index contributed by atoms with van der Waals surface area (Å²) in [6, 6.07) is 3.96. The van der Waals surface area contributed by atoms with Gasteiger partial charge in [0.05, 0.1) is 5.69 Å². The van der Waals surface area contributed by atoms with Gasteiger partial charge in [-0.1, -0.05) is 0 Å². The van der Waals surface area contributed by atoms with E-state index in [1.807, 2.05) is 0 Å². The fourth-order valence-corrected chi connectivity index (χ4v) is 1.18. The van der Waals surface area contributed by atoms with E-state index in [1.54, 1.807) is 20.8 Å². The molecule has 19 heavy (non-hydrogen) atoms. The van der Waals surface area contributed by atoms with E-state index in [-0.39, 0.29) is 17.0 Å². The molecule has 0 saturated carbocycles. The standard InChI is InChI=1S/C12H17N3O4/c1-12(2,3)19-11(18)15-14-10(17)7-4-5-9(16)8(13)6-7/h4-6,16H,13H2,1-3H3,(H,14,17)(H,15,18). The highest BCUT2D eigenvalue weighted by atomic mass is 16.6. The lowest BCUT2D eigenvalue weighted by molar-refractivity contribution is 0.0483. The van der Waals surface area contributed by atoms with Crippen LogP contribution in [0.5, 0.6) is 5.75 Å². The number of phenols is 1. The zero-order valence-electron chi connectivity index (χ0n) is 11.0. The molecular weight excluding hydrogens is 250 g/mol. The molecule has 0 aliphatic rings. The van der Waals surface area contributed by atoms with Gasteiger partial charge < -0.3 is 15.6 Å². The number of nitrogen functional groups attached to an aromatic ring is 1. The second kappa shape index (κ2) is 5.47. The van der Waals surface area contributed by atoms with Gasteiger partial charge in [-0.05, 0) is 39.0 Å². The monoisotopic (exact) mass is 267 g/mol. The maximum Gasteiger partial charge on any atom is 0.426 e. The number of nitrogens with two attached hydrogens (primary N) is 1. The molecule has 0 fully saturated rings. The van der Waals surface area contributed by atoms with Crippen LogP contribution in [0.2, 0.25) is 0 Å². The number of benzene rings is 1. The molecule has 0 radical (unpaired) electrons. The number of amides is 2. The van der Waals surface area contributed by atoms with Crippen LogP contribution in [0.4, 0.5) is 10.5 Å². The summed E-state index contributed by atoms with van der Waals surface area (Å²) >= 11 is 0. The summed E-state index contributed by atoms with van der Waals surface area (Å²) in [6.07, 6.45) is -0.771. The van der Waals surface area contributed by atoms with Crippen molar-refractivity contribution in [3.05, 3.63) is 23.8 Å². The van der Waals surface area contributed by atoms with Crippen LogP contribution in [0.25, 0.3) is 0 Å².